The first-order chi connectivity index (χ1) is 6.89. The van der Waals surface area contributed by atoms with Crippen molar-refractivity contribution in [2.24, 2.45) is 10.8 Å². The predicted molar refractivity (Wildman–Crippen MR) is 71.2 cm³/mol. The third-order valence-electron chi connectivity index (χ3n) is 4.04. The molecule has 1 unspecified atom stereocenters. The van der Waals surface area contributed by atoms with Crippen molar-refractivity contribution in [2.75, 3.05) is 0 Å². The Morgan fingerprint density at radius 3 is 1.60 bits per heavy atom. The summed E-state index contributed by atoms with van der Waals surface area (Å²) >= 11 is 0. The van der Waals surface area contributed by atoms with Gasteiger partial charge in [-0.1, -0.05) is 60.8 Å². The number of rotatable bonds is 8. The zero-order chi connectivity index (χ0) is 11.9. The number of hydrogen-bond donors (Lipinski definition) is 0. The van der Waals surface area contributed by atoms with Gasteiger partial charge in [0.1, 0.15) is 0 Å². The highest BCUT2D eigenvalue weighted by molar-refractivity contribution is 4.77. The molecule has 0 aliphatic rings. The zero-order valence-electron chi connectivity index (χ0n) is 11.9. The second-order valence-corrected chi connectivity index (χ2v) is 6.33. The molecular formula is C15H32. The first-order valence-electron chi connectivity index (χ1n) is 6.89. The molecule has 0 aliphatic carbocycles. The van der Waals surface area contributed by atoms with Crippen LogP contribution in [0.2, 0.25) is 0 Å². The summed E-state index contributed by atoms with van der Waals surface area (Å²) in [6.45, 7) is 14.3. The molecule has 92 valence electrons. The van der Waals surface area contributed by atoms with Crippen molar-refractivity contribution in [1.29, 1.82) is 0 Å². The maximum Gasteiger partial charge on any atom is -0.0328 e. The molecular weight excluding hydrogens is 180 g/mol. The maximum atomic E-state index is 2.47. The first kappa shape index (κ1) is 15.0. The lowest BCUT2D eigenvalue weighted by Gasteiger charge is -2.33. The summed E-state index contributed by atoms with van der Waals surface area (Å²) < 4.78 is 0. The quantitative estimate of drug-likeness (QED) is 0.476. The molecule has 1 atom stereocenters. The van der Waals surface area contributed by atoms with Crippen molar-refractivity contribution >= 4 is 0 Å². The summed E-state index contributed by atoms with van der Waals surface area (Å²) in [5, 5.41) is 0. The van der Waals surface area contributed by atoms with E-state index in [4.69, 9.17) is 0 Å². The summed E-state index contributed by atoms with van der Waals surface area (Å²) in [6.07, 6.45) is 9.56. The molecule has 0 radical (unpaired) electrons. The van der Waals surface area contributed by atoms with Gasteiger partial charge in [-0.3, -0.25) is 0 Å². The fraction of sp³-hybridized carbons (Fsp3) is 1.00. The summed E-state index contributed by atoms with van der Waals surface area (Å²) in [5.74, 6) is 0. The molecule has 0 saturated heterocycles. The summed E-state index contributed by atoms with van der Waals surface area (Å²) in [5.41, 5.74) is 1.15. The van der Waals surface area contributed by atoms with Gasteiger partial charge in [-0.25, -0.2) is 0 Å². The second kappa shape index (κ2) is 6.55. The van der Waals surface area contributed by atoms with Crippen LogP contribution in [0.25, 0.3) is 0 Å². The van der Waals surface area contributed by atoms with Crippen LogP contribution in [0.4, 0.5) is 0 Å². The summed E-state index contributed by atoms with van der Waals surface area (Å²) in [6, 6.07) is 0. The average molecular weight is 212 g/mol. The molecule has 0 N–H and O–H groups in total. The van der Waals surface area contributed by atoms with E-state index in [1.54, 1.807) is 0 Å². The van der Waals surface area contributed by atoms with E-state index in [1.807, 2.05) is 0 Å². The van der Waals surface area contributed by atoms with E-state index in [-0.39, 0.29) is 0 Å². The number of hydrogen-bond acceptors (Lipinski definition) is 0. The van der Waals surface area contributed by atoms with Gasteiger partial charge >= 0.3 is 0 Å². The largest absolute Gasteiger partial charge is 0.0654 e. The van der Waals surface area contributed by atoms with Crippen molar-refractivity contribution < 1.29 is 0 Å². The highest BCUT2D eigenvalue weighted by Gasteiger charge is 2.25. The minimum absolute atomic E-state index is 0.554. The first-order valence-corrected chi connectivity index (χ1v) is 6.89. The van der Waals surface area contributed by atoms with Gasteiger partial charge in [-0.05, 0) is 36.5 Å². The van der Waals surface area contributed by atoms with Crippen molar-refractivity contribution in [3.63, 3.8) is 0 Å². The summed E-state index contributed by atoms with van der Waals surface area (Å²) in [7, 11) is 0. The molecule has 0 fully saturated rings. The van der Waals surface area contributed by atoms with Gasteiger partial charge in [0, 0.05) is 0 Å². The van der Waals surface area contributed by atoms with Crippen molar-refractivity contribution in [3.8, 4) is 0 Å². The van der Waals surface area contributed by atoms with E-state index in [2.05, 4.69) is 41.5 Å². The maximum absolute atomic E-state index is 2.47. The van der Waals surface area contributed by atoms with E-state index in [0.717, 1.165) is 0 Å². The molecule has 0 nitrogen and oxygen atoms in total. The van der Waals surface area contributed by atoms with Crippen LogP contribution in [0, 0.1) is 10.8 Å². The van der Waals surface area contributed by atoms with Crippen molar-refractivity contribution in [1.82, 2.24) is 0 Å². The van der Waals surface area contributed by atoms with E-state index in [9.17, 15) is 0 Å². The third kappa shape index (κ3) is 6.22. The molecule has 0 saturated carbocycles. The van der Waals surface area contributed by atoms with Crippen LogP contribution in [-0.4, -0.2) is 0 Å². The van der Waals surface area contributed by atoms with Crippen molar-refractivity contribution in [2.45, 2.75) is 86.5 Å². The van der Waals surface area contributed by atoms with Gasteiger partial charge in [0.15, 0.2) is 0 Å². The molecule has 0 bridgehead atoms. The van der Waals surface area contributed by atoms with E-state index in [0.29, 0.717) is 10.8 Å². The fourth-order valence-electron chi connectivity index (χ4n) is 2.52. The Hall–Kier alpha value is 0. The molecule has 0 heterocycles. The molecule has 0 aromatic heterocycles. The molecule has 0 spiro atoms. The van der Waals surface area contributed by atoms with Crippen LogP contribution in [0.3, 0.4) is 0 Å². The Kier molecular flexibility index (Phi) is 6.55. The molecule has 0 aliphatic heterocycles. The van der Waals surface area contributed by atoms with Gasteiger partial charge in [-0.2, -0.15) is 0 Å². The molecule has 15 heavy (non-hydrogen) atoms. The lowest BCUT2D eigenvalue weighted by atomic mass is 9.73. The second-order valence-electron chi connectivity index (χ2n) is 6.33. The SMILES string of the molecule is CCCC(C)(C)CCC(C)(CC)CCC. The topological polar surface area (TPSA) is 0 Å². The Bertz CT molecular complexity index is 157. The minimum atomic E-state index is 0.554. The van der Waals surface area contributed by atoms with E-state index >= 15 is 0 Å². The van der Waals surface area contributed by atoms with E-state index < -0.39 is 0 Å². The van der Waals surface area contributed by atoms with Gasteiger partial charge < -0.3 is 0 Å². The van der Waals surface area contributed by atoms with Crippen LogP contribution in [0.1, 0.15) is 86.5 Å². The molecule has 0 aromatic carbocycles. The Morgan fingerprint density at radius 2 is 1.20 bits per heavy atom. The average Bonchev–Trinajstić information content (AvgIpc) is 2.16. The third-order valence-corrected chi connectivity index (χ3v) is 4.04. The van der Waals surface area contributed by atoms with Crippen LogP contribution in [-0.2, 0) is 0 Å². The van der Waals surface area contributed by atoms with Gasteiger partial charge in [0.25, 0.3) is 0 Å². The standard InChI is InChI=1S/C15H32/c1-7-10-14(4,5)12-13-15(6,9-3)11-8-2/h7-13H2,1-6H3. The smallest absolute Gasteiger partial charge is 0.0328 e. The van der Waals surface area contributed by atoms with Gasteiger partial charge in [0.2, 0.25) is 0 Å². The fourth-order valence-corrected chi connectivity index (χ4v) is 2.52. The monoisotopic (exact) mass is 212 g/mol. The van der Waals surface area contributed by atoms with Gasteiger partial charge in [0.05, 0.1) is 0 Å². The minimum Gasteiger partial charge on any atom is -0.0654 e. The zero-order valence-corrected chi connectivity index (χ0v) is 11.9. The molecule has 0 heteroatoms. The Morgan fingerprint density at radius 1 is 0.667 bits per heavy atom. The molecule has 0 rings (SSSR count). The predicted octanol–water partition coefficient (Wildman–Crippen LogP) is 5.81. The summed E-state index contributed by atoms with van der Waals surface area (Å²) in [4.78, 5) is 0. The van der Waals surface area contributed by atoms with E-state index in [1.165, 1.54) is 44.9 Å². The molecule has 0 amide bonds. The highest BCUT2D eigenvalue weighted by atomic mass is 14.3. The normalized spacial score (nSPS) is 16.4. The Labute approximate surface area is 97.8 Å². The molecule has 0 aromatic rings. The van der Waals surface area contributed by atoms with Crippen molar-refractivity contribution in [3.05, 3.63) is 0 Å². The van der Waals surface area contributed by atoms with Gasteiger partial charge in [-0.15, -0.1) is 0 Å². The lowest BCUT2D eigenvalue weighted by molar-refractivity contribution is 0.191. The van der Waals surface area contributed by atoms with Crippen LogP contribution in [0.15, 0.2) is 0 Å². The highest BCUT2D eigenvalue weighted by Crippen LogP contribution is 2.38. The Balaban J connectivity index is 4.09. The van der Waals surface area contributed by atoms with Crippen LogP contribution >= 0.6 is 0 Å². The van der Waals surface area contributed by atoms with Crippen LogP contribution < -0.4 is 0 Å². The lowest BCUT2D eigenvalue weighted by Crippen LogP contribution is -2.20. The van der Waals surface area contributed by atoms with Crippen LogP contribution in [0.5, 0.6) is 0 Å².